The van der Waals surface area contributed by atoms with Gasteiger partial charge in [0.1, 0.15) is 0 Å². The molecule has 19 heavy (non-hydrogen) atoms. The summed E-state index contributed by atoms with van der Waals surface area (Å²) in [5.74, 6) is -0.389. The fraction of sp³-hybridized carbons (Fsp3) is 0.733. The third-order valence-corrected chi connectivity index (χ3v) is 4.32. The predicted molar refractivity (Wildman–Crippen MR) is 72.7 cm³/mol. The molecule has 106 valence electrons. The molecule has 0 bridgehead atoms. The fourth-order valence-corrected chi connectivity index (χ4v) is 3.00. The molecule has 4 heteroatoms. The Bertz CT molecular complexity index is 350. The molecule has 2 fully saturated rings. The van der Waals surface area contributed by atoms with E-state index in [1.54, 1.807) is 11.0 Å². The first kappa shape index (κ1) is 14.1. The average Bonchev–Trinajstić information content (AvgIpc) is 2.46. The second kappa shape index (κ2) is 6.73. The number of likely N-dealkylation sites (tertiary alicyclic amines) is 1. The van der Waals surface area contributed by atoms with Crippen molar-refractivity contribution in [2.45, 2.75) is 44.9 Å². The lowest BCUT2D eigenvalue weighted by molar-refractivity contribution is -0.144. The maximum absolute atomic E-state index is 12.0. The van der Waals surface area contributed by atoms with Crippen LogP contribution in [0.1, 0.15) is 44.9 Å². The van der Waals surface area contributed by atoms with Crippen LogP contribution in [0, 0.1) is 11.8 Å². The van der Waals surface area contributed by atoms with E-state index in [1.165, 1.54) is 32.1 Å². The zero-order valence-electron chi connectivity index (χ0n) is 11.4. The van der Waals surface area contributed by atoms with Crippen LogP contribution in [-0.4, -0.2) is 35.0 Å². The van der Waals surface area contributed by atoms with Crippen LogP contribution < -0.4 is 0 Å². The Morgan fingerprint density at radius 1 is 1.00 bits per heavy atom. The van der Waals surface area contributed by atoms with E-state index in [1.807, 2.05) is 0 Å². The van der Waals surface area contributed by atoms with Crippen LogP contribution in [-0.2, 0) is 9.59 Å². The smallest absolute Gasteiger partial charge is 0.306 e. The molecule has 1 aliphatic carbocycles. The zero-order chi connectivity index (χ0) is 13.7. The molecule has 1 heterocycles. The highest BCUT2D eigenvalue weighted by molar-refractivity contribution is 5.87. The second-order valence-electron chi connectivity index (χ2n) is 5.70. The van der Waals surface area contributed by atoms with Crippen molar-refractivity contribution in [1.29, 1.82) is 0 Å². The van der Waals surface area contributed by atoms with E-state index in [2.05, 4.69) is 6.08 Å². The van der Waals surface area contributed by atoms with Crippen molar-refractivity contribution in [1.82, 2.24) is 4.90 Å². The van der Waals surface area contributed by atoms with Gasteiger partial charge in [0, 0.05) is 13.1 Å². The lowest BCUT2D eigenvalue weighted by Gasteiger charge is -2.29. The minimum absolute atomic E-state index is 0.0504. The third kappa shape index (κ3) is 4.08. The number of carboxylic acids is 1. The molecule has 1 aliphatic heterocycles. The van der Waals surface area contributed by atoms with Gasteiger partial charge in [-0.05, 0) is 37.7 Å². The van der Waals surface area contributed by atoms with E-state index in [0.717, 1.165) is 0 Å². The number of carbonyl (C=O) groups is 2. The third-order valence-electron chi connectivity index (χ3n) is 4.32. The van der Waals surface area contributed by atoms with E-state index in [4.69, 9.17) is 5.11 Å². The van der Waals surface area contributed by atoms with Crippen LogP contribution in [0.3, 0.4) is 0 Å². The number of allylic oxidation sites excluding steroid dienone is 1. The number of aliphatic carboxylic acids is 1. The summed E-state index contributed by atoms with van der Waals surface area (Å²) in [5.41, 5.74) is 0. The Hall–Kier alpha value is -1.32. The fourth-order valence-electron chi connectivity index (χ4n) is 3.00. The second-order valence-corrected chi connectivity index (χ2v) is 5.70. The Labute approximate surface area is 114 Å². The van der Waals surface area contributed by atoms with Gasteiger partial charge >= 0.3 is 5.97 Å². The van der Waals surface area contributed by atoms with Crippen molar-refractivity contribution in [3.63, 3.8) is 0 Å². The highest BCUT2D eigenvalue weighted by Gasteiger charge is 2.26. The van der Waals surface area contributed by atoms with Gasteiger partial charge in [0.15, 0.2) is 0 Å². The van der Waals surface area contributed by atoms with Crippen molar-refractivity contribution in [2.24, 2.45) is 11.8 Å². The molecule has 1 amide bonds. The lowest BCUT2D eigenvalue weighted by atomic mass is 9.89. The first-order valence-electron chi connectivity index (χ1n) is 7.36. The van der Waals surface area contributed by atoms with Crippen LogP contribution in [0.25, 0.3) is 0 Å². The Morgan fingerprint density at radius 3 is 2.21 bits per heavy atom. The molecule has 0 spiro atoms. The molecule has 0 aromatic heterocycles. The van der Waals surface area contributed by atoms with E-state index in [-0.39, 0.29) is 11.8 Å². The molecular formula is C15H23NO3. The lowest BCUT2D eigenvalue weighted by Crippen LogP contribution is -2.39. The Balaban J connectivity index is 1.77. The number of hydrogen-bond acceptors (Lipinski definition) is 2. The van der Waals surface area contributed by atoms with Gasteiger partial charge < -0.3 is 10.0 Å². The van der Waals surface area contributed by atoms with Gasteiger partial charge in [-0.3, -0.25) is 9.59 Å². The molecule has 0 radical (unpaired) electrons. The van der Waals surface area contributed by atoms with Crippen molar-refractivity contribution < 1.29 is 14.7 Å². The quantitative estimate of drug-likeness (QED) is 0.797. The van der Waals surface area contributed by atoms with Gasteiger partial charge in [-0.25, -0.2) is 0 Å². The van der Waals surface area contributed by atoms with Gasteiger partial charge in [0.25, 0.3) is 0 Å². The number of hydrogen-bond donors (Lipinski definition) is 1. The van der Waals surface area contributed by atoms with E-state index in [9.17, 15) is 9.59 Å². The summed E-state index contributed by atoms with van der Waals surface area (Å²) in [6.07, 6.45) is 11.2. The first-order chi connectivity index (χ1) is 9.16. The Morgan fingerprint density at radius 2 is 1.63 bits per heavy atom. The minimum atomic E-state index is -0.732. The van der Waals surface area contributed by atoms with E-state index < -0.39 is 5.97 Å². The van der Waals surface area contributed by atoms with E-state index in [0.29, 0.717) is 31.8 Å². The molecule has 0 unspecified atom stereocenters. The SMILES string of the molecule is O=C(O)C1CCN(C(=O)/C=C/C2CCCCC2)CC1. The molecule has 0 aromatic carbocycles. The highest BCUT2D eigenvalue weighted by Crippen LogP contribution is 2.24. The van der Waals surface area contributed by atoms with Gasteiger partial charge in [-0.1, -0.05) is 25.3 Å². The molecule has 1 N–H and O–H groups in total. The molecule has 1 saturated heterocycles. The van der Waals surface area contributed by atoms with E-state index >= 15 is 0 Å². The number of piperidine rings is 1. The number of carboxylic acid groups (broad SMARTS) is 1. The van der Waals surface area contributed by atoms with Crippen molar-refractivity contribution in [3.05, 3.63) is 12.2 Å². The Kier molecular flexibility index (Phi) is 5.00. The van der Waals surface area contributed by atoms with Gasteiger partial charge in [0.2, 0.25) is 5.91 Å². The monoisotopic (exact) mass is 265 g/mol. The van der Waals surface area contributed by atoms with Gasteiger partial charge in [-0.15, -0.1) is 0 Å². The summed E-state index contributed by atoms with van der Waals surface area (Å²) in [6.45, 7) is 1.15. The summed E-state index contributed by atoms with van der Waals surface area (Å²) in [7, 11) is 0. The molecular weight excluding hydrogens is 242 g/mol. The molecule has 2 aliphatic rings. The van der Waals surface area contributed by atoms with Crippen molar-refractivity contribution in [2.75, 3.05) is 13.1 Å². The van der Waals surface area contributed by atoms with Crippen LogP contribution in [0.15, 0.2) is 12.2 Å². The molecule has 1 saturated carbocycles. The minimum Gasteiger partial charge on any atom is -0.481 e. The van der Waals surface area contributed by atoms with Gasteiger partial charge in [0.05, 0.1) is 5.92 Å². The van der Waals surface area contributed by atoms with Crippen LogP contribution >= 0.6 is 0 Å². The molecule has 4 nitrogen and oxygen atoms in total. The highest BCUT2D eigenvalue weighted by atomic mass is 16.4. The molecule has 0 atom stereocenters. The average molecular weight is 265 g/mol. The normalized spacial score (nSPS) is 22.8. The summed E-state index contributed by atoms with van der Waals surface area (Å²) in [4.78, 5) is 24.6. The number of rotatable bonds is 3. The maximum Gasteiger partial charge on any atom is 0.306 e. The maximum atomic E-state index is 12.0. The van der Waals surface area contributed by atoms with Crippen LogP contribution in [0.5, 0.6) is 0 Å². The topological polar surface area (TPSA) is 57.6 Å². The van der Waals surface area contributed by atoms with Crippen LogP contribution in [0.2, 0.25) is 0 Å². The summed E-state index contributed by atoms with van der Waals surface area (Å²) >= 11 is 0. The first-order valence-corrected chi connectivity index (χ1v) is 7.36. The largest absolute Gasteiger partial charge is 0.481 e. The van der Waals surface area contributed by atoms with Crippen molar-refractivity contribution >= 4 is 11.9 Å². The van der Waals surface area contributed by atoms with Gasteiger partial charge in [-0.2, -0.15) is 0 Å². The summed E-state index contributed by atoms with van der Waals surface area (Å²) in [6, 6.07) is 0. The van der Waals surface area contributed by atoms with Crippen LogP contribution in [0.4, 0.5) is 0 Å². The summed E-state index contributed by atoms with van der Waals surface area (Å²) in [5, 5.41) is 8.92. The zero-order valence-corrected chi connectivity index (χ0v) is 11.4. The number of amides is 1. The number of carbonyl (C=O) groups excluding carboxylic acids is 1. The molecule has 0 aromatic rings. The molecule has 2 rings (SSSR count). The standard InChI is InChI=1S/C15H23NO3/c17-14(7-6-12-4-2-1-3-5-12)16-10-8-13(9-11-16)15(18)19/h6-7,12-13H,1-5,8-11H2,(H,18,19)/b7-6+. The number of nitrogens with zero attached hydrogens (tertiary/aromatic N) is 1. The predicted octanol–water partition coefficient (Wildman–Crippen LogP) is 2.45. The van der Waals surface area contributed by atoms with Crippen molar-refractivity contribution in [3.8, 4) is 0 Å². The summed E-state index contributed by atoms with van der Waals surface area (Å²) < 4.78 is 0.